The molecule has 1 aromatic rings. The molecule has 1 N–H and O–H groups in total. The molecule has 0 aliphatic rings. The Morgan fingerprint density at radius 1 is 1.32 bits per heavy atom. The maximum absolute atomic E-state index is 11.9. The number of hydrogen-bond acceptors (Lipinski definition) is 4. The lowest BCUT2D eigenvalue weighted by Crippen LogP contribution is -2.42. The van der Waals surface area contributed by atoms with E-state index in [1.165, 1.54) is 0 Å². The van der Waals surface area contributed by atoms with Crippen LogP contribution < -0.4 is 9.46 Å². The number of ether oxygens (including phenoxy) is 1. The van der Waals surface area contributed by atoms with Crippen LogP contribution in [0.4, 0.5) is 0 Å². The smallest absolute Gasteiger partial charge is 0.216 e. The van der Waals surface area contributed by atoms with E-state index < -0.39 is 21.5 Å². The second-order valence-corrected chi connectivity index (χ2v) is 7.34. The molecular weight excluding hydrogens is 304 g/mol. The minimum atomic E-state index is -3.37. The van der Waals surface area contributed by atoms with E-state index in [2.05, 4.69) is 14.7 Å². The second kappa shape index (κ2) is 8.63. The van der Waals surface area contributed by atoms with Crippen LogP contribution >= 0.6 is 0 Å². The van der Waals surface area contributed by atoms with Crippen molar-refractivity contribution in [2.75, 3.05) is 6.54 Å². The summed E-state index contributed by atoms with van der Waals surface area (Å²) in [7, 11) is -3.37. The van der Waals surface area contributed by atoms with Crippen molar-refractivity contribution in [1.82, 2.24) is 4.72 Å². The highest BCUT2D eigenvalue weighted by molar-refractivity contribution is 7.90. The molecule has 0 aliphatic heterocycles. The number of benzene rings is 1. The Bertz CT molecular complexity index is 607. The molecule has 8 heteroatoms. The predicted molar refractivity (Wildman–Crippen MR) is 86.1 cm³/mol. The fraction of sp³-hybridized carbons (Fsp3) is 0.571. The van der Waals surface area contributed by atoms with Gasteiger partial charge in [0.2, 0.25) is 10.0 Å². The first-order valence-corrected chi connectivity index (χ1v) is 8.71. The molecule has 0 saturated heterocycles. The molecule has 0 aliphatic carbocycles. The molecule has 0 amide bonds. The van der Waals surface area contributed by atoms with Crippen molar-refractivity contribution < 1.29 is 13.2 Å². The van der Waals surface area contributed by atoms with Crippen LogP contribution in [0.3, 0.4) is 0 Å². The van der Waals surface area contributed by atoms with E-state index in [1.54, 1.807) is 26.0 Å². The van der Waals surface area contributed by atoms with Gasteiger partial charge in [-0.25, -0.2) is 8.42 Å². The lowest BCUT2D eigenvalue weighted by molar-refractivity contribution is 0.185. The van der Waals surface area contributed by atoms with E-state index in [1.807, 2.05) is 19.1 Å². The Kier molecular flexibility index (Phi) is 7.17. The van der Waals surface area contributed by atoms with Crippen molar-refractivity contribution in [2.45, 2.75) is 45.1 Å². The van der Waals surface area contributed by atoms with Gasteiger partial charge < -0.3 is 4.74 Å². The summed E-state index contributed by atoms with van der Waals surface area (Å²) in [5.41, 5.74) is 9.25. The standard InChI is InChI=1S/C14H22N4O3S/c1-4-14(17-22(19,20)11(2)3)21-13-7-5-12(6-8-13)9-10-16-18-15/h5-8,11,14,17H,4,9-10H2,1-3H3. The van der Waals surface area contributed by atoms with Crippen LogP contribution in [0.25, 0.3) is 10.4 Å². The second-order valence-electron chi connectivity index (χ2n) is 5.07. The van der Waals surface area contributed by atoms with E-state index in [0.717, 1.165) is 5.56 Å². The summed E-state index contributed by atoms with van der Waals surface area (Å²) >= 11 is 0. The first-order valence-electron chi connectivity index (χ1n) is 7.16. The van der Waals surface area contributed by atoms with Crippen molar-refractivity contribution in [2.24, 2.45) is 5.11 Å². The van der Waals surface area contributed by atoms with Crippen molar-refractivity contribution in [3.63, 3.8) is 0 Å². The summed E-state index contributed by atoms with van der Waals surface area (Å²) in [6, 6.07) is 7.29. The van der Waals surface area contributed by atoms with Gasteiger partial charge in [-0.05, 0) is 49.9 Å². The summed E-state index contributed by atoms with van der Waals surface area (Å²) in [6.07, 6.45) is 0.577. The van der Waals surface area contributed by atoms with Crippen molar-refractivity contribution in [1.29, 1.82) is 0 Å². The fourth-order valence-electron chi connectivity index (χ4n) is 1.63. The van der Waals surface area contributed by atoms with E-state index in [-0.39, 0.29) is 0 Å². The van der Waals surface area contributed by atoms with Crippen molar-refractivity contribution in [3.8, 4) is 5.75 Å². The number of nitrogens with zero attached hydrogens (tertiary/aromatic N) is 3. The Labute approximate surface area is 131 Å². The van der Waals surface area contributed by atoms with Gasteiger partial charge in [0.15, 0.2) is 6.23 Å². The van der Waals surface area contributed by atoms with Gasteiger partial charge >= 0.3 is 0 Å². The first kappa shape index (κ1) is 18.3. The largest absolute Gasteiger partial charge is 0.474 e. The van der Waals surface area contributed by atoms with Crippen LogP contribution in [0.2, 0.25) is 0 Å². The lowest BCUT2D eigenvalue weighted by atomic mass is 10.1. The van der Waals surface area contributed by atoms with Crippen LogP contribution in [0.15, 0.2) is 29.4 Å². The average molecular weight is 326 g/mol. The molecular formula is C14H22N4O3S. The topological polar surface area (TPSA) is 104 Å². The van der Waals surface area contributed by atoms with E-state index >= 15 is 0 Å². The minimum absolute atomic E-state index is 0.405. The minimum Gasteiger partial charge on any atom is -0.474 e. The maximum atomic E-state index is 11.9. The Morgan fingerprint density at radius 3 is 2.45 bits per heavy atom. The van der Waals surface area contributed by atoms with Gasteiger partial charge in [-0.2, -0.15) is 4.72 Å². The number of azide groups is 1. The summed E-state index contributed by atoms with van der Waals surface area (Å²) in [4.78, 5) is 2.70. The van der Waals surface area contributed by atoms with Gasteiger partial charge in [0.25, 0.3) is 0 Å². The third kappa shape index (κ3) is 5.93. The third-order valence-electron chi connectivity index (χ3n) is 3.05. The number of sulfonamides is 1. The van der Waals surface area contributed by atoms with Crippen molar-refractivity contribution in [3.05, 3.63) is 40.3 Å². The van der Waals surface area contributed by atoms with Gasteiger partial charge in [0.05, 0.1) is 5.25 Å². The quantitative estimate of drug-likeness (QED) is 0.326. The van der Waals surface area contributed by atoms with Crippen LogP contribution in [0.1, 0.15) is 32.8 Å². The SMILES string of the molecule is CCC(NS(=O)(=O)C(C)C)Oc1ccc(CCN=[N+]=[N-])cc1. The molecule has 0 spiro atoms. The fourth-order valence-corrected chi connectivity index (χ4v) is 2.49. The molecule has 0 fully saturated rings. The molecule has 22 heavy (non-hydrogen) atoms. The number of rotatable bonds is 9. The number of nitrogens with one attached hydrogen (secondary N) is 1. The molecule has 0 aromatic heterocycles. The maximum Gasteiger partial charge on any atom is 0.216 e. The summed E-state index contributed by atoms with van der Waals surface area (Å²) in [6.45, 7) is 5.49. The third-order valence-corrected chi connectivity index (χ3v) is 4.89. The predicted octanol–water partition coefficient (Wildman–Crippen LogP) is 2.98. The van der Waals surface area contributed by atoms with Gasteiger partial charge in [-0.3, -0.25) is 0 Å². The van der Waals surface area contributed by atoms with E-state index in [9.17, 15) is 8.42 Å². The lowest BCUT2D eigenvalue weighted by Gasteiger charge is -2.20. The molecule has 0 bridgehead atoms. The van der Waals surface area contributed by atoms with Crippen LogP contribution in [0.5, 0.6) is 5.75 Å². The first-order chi connectivity index (χ1) is 10.4. The molecule has 1 rings (SSSR count). The number of hydrogen-bond donors (Lipinski definition) is 1. The molecule has 122 valence electrons. The van der Waals surface area contributed by atoms with Gasteiger partial charge in [0.1, 0.15) is 5.75 Å². The van der Waals surface area contributed by atoms with Gasteiger partial charge in [-0.1, -0.05) is 24.2 Å². The molecule has 0 heterocycles. The molecule has 1 unspecified atom stereocenters. The molecule has 0 saturated carbocycles. The zero-order chi connectivity index (χ0) is 16.6. The van der Waals surface area contributed by atoms with Crippen molar-refractivity contribution >= 4 is 10.0 Å². The molecule has 1 aromatic carbocycles. The van der Waals surface area contributed by atoms with Gasteiger partial charge in [-0.15, -0.1) is 0 Å². The Morgan fingerprint density at radius 2 is 1.95 bits per heavy atom. The molecule has 0 radical (unpaired) electrons. The Balaban J connectivity index is 2.66. The average Bonchev–Trinajstić information content (AvgIpc) is 2.48. The van der Waals surface area contributed by atoms with Crippen LogP contribution in [-0.2, 0) is 16.4 Å². The molecule has 7 nitrogen and oxygen atoms in total. The monoisotopic (exact) mass is 326 g/mol. The highest BCUT2D eigenvalue weighted by Crippen LogP contribution is 2.15. The molecule has 1 atom stereocenters. The highest BCUT2D eigenvalue weighted by atomic mass is 32.2. The van der Waals surface area contributed by atoms with Crippen LogP contribution in [-0.4, -0.2) is 26.4 Å². The zero-order valence-corrected chi connectivity index (χ0v) is 13.9. The summed E-state index contributed by atoms with van der Waals surface area (Å²) in [5.74, 6) is 0.589. The normalized spacial score (nSPS) is 12.7. The Hall–Kier alpha value is -1.76. The van der Waals surface area contributed by atoms with E-state index in [0.29, 0.717) is 25.1 Å². The van der Waals surface area contributed by atoms with Crippen LogP contribution in [0, 0.1) is 0 Å². The highest BCUT2D eigenvalue weighted by Gasteiger charge is 2.21. The van der Waals surface area contributed by atoms with E-state index in [4.69, 9.17) is 10.3 Å². The summed E-state index contributed by atoms with van der Waals surface area (Å²) < 4.78 is 31.9. The zero-order valence-electron chi connectivity index (χ0n) is 13.1. The van der Waals surface area contributed by atoms with Gasteiger partial charge in [0, 0.05) is 11.5 Å². The summed E-state index contributed by atoms with van der Waals surface area (Å²) in [5, 5.41) is 2.97.